The fourth-order valence-electron chi connectivity index (χ4n) is 1.86. The molecule has 4 nitrogen and oxygen atoms in total. The summed E-state index contributed by atoms with van der Waals surface area (Å²) in [4.78, 5) is 12.8. The zero-order chi connectivity index (χ0) is 14.2. The summed E-state index contributed by atoms with van der Waals surface area (Å²) in [5, 5.41) is 6.01. The number of morpholine rings is 1. The number of rotatable bonds is 6. The van der Waals surface area contributed by atoms with Crippen LogP contribution in [0.5, 0.6) is 0 Å². The Morgan fingerprint density at radius 3 is 2.95 bits per heavy atom. The van der Waals surface area contributed by atoms with E-state index in [1.165, 1.54) is 12.1 Å². The number of hydrogen-bond acceptors (Lipinski definition) is 4. The van der Waals surface area contributed by atoms with E-state index in [1.807, 2.05) is 0 Å². The zero-order valence-corrected chi connectivity index (χ0v) is 12.0. The fourth-order valence-corrected chi connectivity index (χ4v) is 2.71. The topological polar surface area (TPSA) is 50.4 Å². The van der Waals surface area contributed by atoms with E-state index in [0.717, 1.165) is 23.6 Å². The summed E-state index contributed by atoms with van der Waals surface area (Å²) in [6.45, 7) is 2.47. The van der Waals surface area contributed by atoms with E-state index in [4.69, 9.17) is 4.74 Å². The van der Waals surface area contributed by atoms with E-state index in [0.29, 0.717) is 19.8 Å². The first kappa shape index (κ1) is 15.3. The van der Waals surface area contributed by atoms with Crippen LogP contribution in [0.15, 0.2) is 29.2 Å². The number of carbonyl (C=O) groups is 1. The maximum atomic E-state index is 12.7. The van der Waals surface area contributed by atoms with Gasteiger partial charge < -0.3 is 15.4 Å². The first-order chi connectivity index (χ1) is 9.75. The molecular weight excluding hydrogens is 279 g/mol. The van der Waals surface area contributed by atoms with Gasteiger partial charge in [0.1, 0.15) is 11.9 Å². The molecule has 2 N–H and O–H groups in total. The molecule has 1 saturated heterocycles. The molecule has 1 atom stereocenters. The normalized spacial score (nSPS) is 18.8. The van der Waals surface area contributed by atoms with E-state index < -0.39 is 0 Å². The number of hydrogen-bond donors (Lipinski definition) is 2. The smallest absolute Gasteiger partial charge is 0.239 e. The molecule has 6 heteroatoms. The molecule has 1 aliphatic heterocycles. The molecule has 0 saturated carbocycles. The molecule has 0 aliphatic carbocycles. The standard InChI is InChI=1S/C14H19FN2O2S/c15-11-2-4-12(5-3-11)20-9-1-6-17-14(18)13-10-19-8-7-16-13/h2-5,13,16H,1,6-10H2,(H,17,18). The Morgan fingerprint density at radius 1 is 1.45 bits per heavy atom. The Morgan fingerprint density at radius 2 is 2.25 bits per heavy atom. The lowest BCUT2D eigenvalue weighted by atomic mass is 10.2. The van der Waals surface area contributed by atoms with Gasteiger partial charge in [-0.05, 0) is 36.4 Å². The molecule has 2 rings (SSSR count). The molecular formula is C14H19FN2O2S. The van der Waals surface area contributed by atoms with Crippen LogP contribution in [0, 0.1) is 5.82 Å². The predicted molar refractivity (Wildman–Crippen MR) is 77.4 cm³/mol. The second-order valence-corrected chi connectivity index (χ2v) is 5.70. The fraction of sp³-hybridized carbons (Fsp3) is 0.500. The van der Waals surface area contributed by atoms with Gasteiger partial charge in [0, 0.05) is 18.0 Å². The van der Waals surface area contributed by atoms with Crippen LogP contribution in [0.2, 0.25) is 0 Å². The Kier molecular flexibility index (Phi) is 6.29. The molecule has 1 aromatic carbocycles. The molecule has 0 spiro atoms. The highest BCUT2D eigenvalue weighted by Crippen LogP contribution is 2.18. The first-order valence-electron chi connectivity index (χ1n) is 6.73. The van der Waals surface area contributed by atoms with Crippen molar-refractivity contribution in [3.05, 3.63) is 30.1 Å². The highest BCUT2D eigenvalue weighted by molar-refractivity contribution is 7.99. The van der Waals surface area contributed by atoms with Gasteiger partial charge in [-0.3, -0.25) is 4.79 Å². The third-order valence-electron chi connectivity index (χ3n) is 2.94. The summed E-state index contributed by atoms with van der Waals surface area (Å²) in [5.41, 5.74) is 0. The van der Waals surface area contributed by atoms with Gasteiger partial charge in [0.25, 0.3) is 0 Å². The van der Waals surface area contributed by atoms with Crippen molar-refractivity contribution in [1.82, 2.24) is 10.6 Å². The molecule has 110 valence electrons. The lowest BCUT2D eigenvalue weighted by Gasteiger charge is -2.22. The van der Waals surface area contributed by atoms with Crippen LogP contribution in [0.25, 0.3) is 0 Å². The minimum absolute atomic E-state index is 0.00326. The van der Waals surface area contributed by atoms with Gasteiger partial charge >= 0.3 is 0 Å². The summed E-state index contributed by atoms with van der Waals surface area (Å²) in [5.74, 6) is 0.667. The van der Waals surface area contributed by atoms with Crippen LogP contribution >= 0.6 is 11.8 Å². The molecule has 1 heterocycles. The molecule has 0 radical (unpaired) electrons. The quantitative estimate of drug-likeness (QED) is 0.616. The second kappa shape index (κ2) is 8.24. The summed E-state index contributed by atoms with van der Waals surface area (Å²) in [7, 11) is 0. The lowest BCUT2D eigenvalue weighted by Crippen LogP contribution is -2.51. The summed E-state index contributed by atoms with van der Waals surface area (Å²) in [6, 6.07) is 6.22. The van der Waals surface area contributed by atoms with Crippen LogP contribution in [0.4, 0.5) is 4.39 Å². The predicted octanol–water partition coefficient (Wildman–Crippen LogP) is 1.41. The number of amides is 1. The van der Waals surface area contributed by atoms with Crippen molar-refractivity contribution in [2.24, 2.45) is 0 Å². The zero-order valence-electron chi connectivity index (χ0n) is 11.2. The van der Waals surface area contributed by atoms with Crippen LogP contribution in [0.1, 0.15) is 6.42 Å². The number of thioether (sulfide) groups is 1. The van der Waals surface area contributed by atoms with Gasteiger partial charge in [-0.2, -0.15) is 0 Å². The SMILES string of the molecule is O=C(NCCCSc1ccc(F)cc1)C1COCCN1. The van der Waals surface area contributed by atoms with Crippen LogP contribution < -0.4 is 10.6 Å². The van der Waals surface area contributed by atoms with Crippen molar-refractivity contribution >= 4 is 17.7 Å². The number of ether oxygens (including phenoxy) is 1. The van der Waals surface area contributed by atoms with E-state index in [2.05, 4.69) is 10.6 Å². The van der Waals surface area contributed by atoms with Gasteiger partial charge in [-0.1, -0.05) is 0 Å². The third kappa shape index (κ3) is 5.11. The number of benzene rings is 1. The minimum Gasteiger partial charge on any atom is -0.378 e. The number of halogens is 1. The summed E-state index contributed by atoms with van der Waals surface area (Å²) < 4.78 is 18.0. The Labute approximate surface area is 122 Å². The molecule has 20 heavy (non-hydrogen) atoms. The Bertz CT molecular complexity index is 422. The van der Waals surface area contributed by atoms with Crippen molar-refractivity contribution in [2.75, 3.05) is 32.1 Å². The molecule has 1 unspecified atom stereocenters. The maximum absolute atomic E-state index is 12.7. The molecule has 1 amide bonds. The van der Waals surface area contributed by atoms with Crippen LogP contribution in [0.3, 0.4) is 0 Å². The highest BCUT2D eigenvalue weighted by Gasteiger charge is 2.20. The van der Waals surface area contributed by atoms with Crippen molar-refractivity contribution in [1.29, 1.82) is 0 Å². The van der Waals surface area contributed by atoms with E-state index >= 15 is 0 Å². The largest absolute Gasteiger partial charge is 0.378 e. The minimum atomic E-state index is -0.228. The average molecular weight is 298 g/mol. The maximum Gasteiger partial charge on any atom is 0.239 e. The average Bonchev–Trinajstić information content (AvgIpc) is 2.49. The van der Waals surface area contributed by atoms with Gasteiger partial charge in [0.05, 0.1) is 13.2 Å². The Hall–Kier alpha value is -1.11. The van der Waals surface area contributed by atoms with Crippen molar-refractivity contribution in [3.8, 4) is 0 Å². The van der Waals surface area contributed by atoms with Crippen molar-refractivity contribution < 1.29 is 13.9 Å². The van der Waals surface area contributed by atoms with Gasteiger partial charge in [0.2, 0.25) is 5.91 Å². The van der Waals surface area contributed by atoms with E-state index in [9.17, 15) is 9.18 Å². The molecule has 1 fully saturated rings. The summed E-state index contributed by atoms with van der Waals surface area (Å²) in [6.07, 6.45) is 0.876. The molecule has 0 aromatic heterocycles. The van der Waals surface area contributed by atoms with Crippen molar-refractivity contribution in [3.63, 3.8) is 0 Å². The third-order valence-corrected chi connectivity index (χ3v) is 4.04. The van der Waals surface area contributed by atoms with Gasteiger partial charge in [-0.15, -0.1) is 11.8 Å². The van der Waals surface area contributed by atoms with Gasteiger partial charge in [-0.25, -0.2) is 4.39 Å². The number of carbonyl (C=O) groups excluding carboxylic acids is 1. The van der Waals surface area contributed by atoms with E-state index in [1.54, 1.807) is 23.9 Å². The van der Waals surface area contributed by atoms with Crippen molar-refractivity contribution in [2.45, 2.75) is 17.4 Å². The Balaban J connectivity index is 1.57. The number of nitrogens with one attached hydrogen (secondary N) is 2. The molecule has 1 aromatic rings. The van der Waals surface area contributed by atoms with Gasteiger partial charge in [0.15, 0.2) is 0 Å². The monoisotopic (exact) mass is 298 g/mol. The van der Waals surface area contributed by atoms with Crippen LogP contribution in [-0.4, -0.2) is 44.0 Å². The summed E-state index contributed by atoms with van der Waals surface area (Å²) >= 11 is 1.66. The van der Waals surface area contributed by atoms with E-state index in [-0.39, 0.29) is 17.8 Å². The lowest BCUT2D eigenvalue weighted by molar-refractivity contribution is -0.125. The molecule has 0 bridgehead atoms. The molecule has 1 aliphatic rings. The second-order valence-electron chi connectivity index (χ2n) is 4.53. The first-order valence-corrected chi connectivity index (χ1v) is 7.71. The highest BCUT2D eigenvalue weighted by atomic mass is 32.2. The van der Waals surface area contributed by atoms with Crippen LogP contribution in [-0.2, 0) is 9.53 Å².